The molecule has 3 aromatic carbocycles. The minimum Gasteiger partial charge on any atom is -0.483 e. The third-order valence-corrected chi connectivity index (χ3v) is 4.61. The van der Waals surface area contributed by atoms with E-state index in [1.54, 1.807) is 18.2 Å². The molecule has 0 saturated heterocycles. The summed E-state index contributed by atoms with van der Waals surface area (Å²) in [6.07, 6.45) is 0. The van der Waals surface area contributed by atoms with Crippen LogP contribution in [-0.4, -0.2) is 23.6 Å². The van der Waals surface area contributed by atoms with Gasteiger partial charge < -0.3 is 20.5 Å². The van der Waals surface area contributed by atoms with Crippen molar-refractivity contribution in [3.8, 4) is 5.75 Å². The van der Waals surface area contributed by atoms with Gasteiger partial charge in [-0.3, -0.25) is 4.79 Å². The maximum absolute atomic E-state index is 12.2. The summed E-state index contributed by atoms with van der Waals surface area (Å²) in [5.41, 5.74) is 4.67. The van der Waals surface area contributed by atoms with Gasteiger partial charge in [0.05, 0.1) is 5.56 Å². The number of carbonyl (C=O) groups excluding carboxylic acids is 1. The molecule has 3 rings (SSSR count). The van der Waals surface area contributed by atoms with Gasteiger partial charge in [0.1, 0.15) is 5.75 Å². The molecule has 0 aromatic heterocycles. The summed E-state index contributed by atoms with van der Waals surface area (Å²) in [6.45, 7) is 4.22. The molecule has 0 aliphatic rings. The van der Waals surface area contributed by atoms with E-state index in [0.29, 0.717) is 12.3 Å². The third kappa shape index (κ3) is 5.61. The van der Waals surface area contributed by atoms with Crippen LogP contribution in [0.15, 0.2) is 66.7 Å². The van der Waals surface area contributed by atoms with Crippen LogP contribution >= 0.6 is 0 Å². The van der Waals surface area contributed by atoms with Crippen LogP contribution in [0.4, 0.5) is 11.4 Å². The highest BCUT2D eigenvalue weighted by molar-refractivity contribution is 5.92. The molecule has 0 aliphatic heterocycles. The van der Waals surface area contributed by atoms with Crippen molar-refractivity contribution >= 4 is 23.3 Å². The first-order chi connectivity index (χ1) is 14.4. The molecule has 0 radical (unpaired) electrons. The summed E-state index contributed by atoms with van der Waals surface area (Å²) in [5, 5.41) is 15.2. The summed E-state index contributed by atoms with van der Waals surface area (Å²) in [4.78, 5) is 23.3. The molecule has 6 nitrogen and oxygen atoms in total. The smallest absolute Gasteiger partial charge is 0.335 e. The quantitative estimate of drug-likeness (QED) is 0.509. The van der Waals surface area contributed by atoms with E-state index in [4.69, 9.17) is 9.84 Å². The lowest BCUT2D eigenvalue weighted by atomic mass is 10.1. The Kier molecular flexibility index (Phi) is 6.70. The number of aromatic carboxylic acids is 1. The van der Waals surface area contributed by atoms with Gasteiger partial charge in [0.2, 0.25) is 0 Å². The van der Waals surface area contributed by atoms with E-state index in [1.165, 1.54) is 0 Å². The summed E-state index contributed by atoms with van der Waals surface area (Å²) in [7, 11) is 0. The van der Waals surface area contributed by atoms with Crippen molar-refractivity contribution < 1.29 is 19.4 Å². The molecular formula is C24H24N2O4. The molecule has 3 aromatic rings. The monoisotopic (exact) mass is 404 g/mol. The normalized spacial score (nSPS) is 10.3. The molecule has 0 saturated carbocycles. The summed E-state index contributed by atoms with van der Waals surface area (Å²) in [6, 6.07) is 20.0. The van der Waals surface area contributed by atoms with E-state index in [-0.39, 0.29) is 18.1 Å². The van der Waals surface area contributed by atoms with E-state index in [1.807, 2.05) is 62.4 Å². The lowest BCUT2D eigenvalue weighted by Crippen LogP contribution is -2.20. The maximum Gasteiger partial charge on any atom is 0.335 e. The third-order valence-electron chi connectivity index (χ3n) is 4.61. The van der Waals surface area contributed by atoms with Gasteiger partial charge in [0.15, 0.2) is 6.61 Å². The first-order valence-corrected chi connectivity index (χ1v) is 9.57. The molecule has 154 valence electrons. The van der Waals surface area contributed by atoms with Crippen molar-refractivity contribution in [1.29, 1.82) is 0 Å². The number of carbonyl (C=O) groups is 2. The zero-order valence-electron chi connectivity index (χ0n) is 16.9. The minimum absolute atomic E-state index is 0.1000. The predicted molar refractivity (Wildman–Crippen MR) is 117 cm³/mol. The molecule has 3 N–H and O–H groups in total. The molecule has 0 fully saturated rings. The van der Waals surface area contributed by atoms with Crippen molar-refractivity contribution in [3.63, 3.8) is 0 Å². The molecule has 0 aliphatic carbocycles. The van der Waals surface area contributed by atoms with Crippen LogP contribution in [0.2, 0.25) is 0 Å². The number of rotatable bonds is 8. The van der Waals surface area contributed by atoms with Crippen LogP contribution in [0.5, 0.6) is 5.75 Å². The number of nitrogens with one attached hydrogen (secondary N) is 2. The zero-order chi connectivity index (χ0) is 21.5. The lowest BCUT2D eigenvalue weighted by Gasteiger charge is -2.14. The summed E-state index contributed by atoms with van der Waals surface area (Å²) < 4.78 is 5.73. The van der Waals surface area contributed by atoms with Gasteiger partial charge in [0, 0.05) is 23.5 Å². The van der Waals surface area contributed by atoms with Gasteiger partial charge in [-0.2, -0.15) is 0 Å². The van der Waals surface area contributed by atoms with E-state index >= 15 is 0 Å². The average Bonchev–Trinajstić information content (AvgIpc) is 2.73. The molecule has 0 spiro atoms. The largest absolute Gasteiger partial charge is 0.483 e. The second kappa shape index (κ2) is 9.60. The number of carboxylic acids is 1. The first-order valence-electron chi connectivity index (χ1n) is 9.57. The lowest BCUT2D eigenvalue weighted by molar-refractivity contribution is -0.118. The Labute approximate surface area is 175 Å². The van der Waals surface area contributed by atoms with E-state index in [9.17, 15) is 9.59 Å². The maximum atomic E-state index is 12.2. The minimum atomic E-state index is -0.952. The highest BCUT2D eigenvalue weighted by atomic mass is 16.5. The first kappa shape index (κ1) is 20.9. The van der Waals surface area contributed by atoms with Gasteiger partial charge in [-0.15, -0.1) is 0 Å². The van der Waals surface area contributed by atoms with Crippen molar-refractivity contribution in [2.45, 2.75) is 20.4 Å². The van der Waals surface area contributed by atoms with Gasteiger partial charge in [-0.25, -0.2) is 4.79 Å². The molecule has 0 atom stereocenters. The SMILES string of the molecule is Cc1ccc(NC(=O)COc2ccccc2CNc2ccc(C(=O)O)cc2C)cc1. The molecule has 6 heteroatoms. The highest BCUT2D eigenvalue weighted by Gasteiger charge is 2.09. The number of amides is 1. The van der Waals surface area contributed by atoms with Crippen LogP contribution in [0.1, 0.15) is 27.0 Å². The number of benzene rings is 3. The van der Waals surface area contributed by atoms with Gasteiger partial charge in [0.25, 0.3) is 5.91 Å². The Bertz CT molecular complexity index is 1050. The number of hydrogen-bond donors (Lipinski definition) is 3. The molecular weight excluding hydrogens is 380 g/mol. The van der Waals surface area contributed by atoms with Crippen molar-refractivity contribution in [2.75, 3.05) is 17.2 Å². The van der Waals surface area contributed by atoms with Gasteiger partial charge in [-0.05, 0) is 55.8 Å². The van der Waals surface area contributed by atoms with Gasteiger partial charge in [-0.1, -0.05) is 35.9 Å². The molecule has 0 unspecified atom stereocenters. The fourth-order valence-corrected chi connectivity index (χ4v) is 2.95. The molecule has 0 bridgehead atoms. The Morgan fingerprint density at radius 3 is 2.40 bits per heavy atom. The van der Waals surface area contributed by atoms with Crippen molar-refractivity contribution in [1.82, 2.24) is 0 Å². The fourth-order valence-electron chi connectivity index (χ4n) is 2.95. The molecule has 1 amide bonds. The molecule has 0 heterocycles. The van der Waals surface area contributed by atoms with Crippen LogP contribution in [0.3, 0.4) is 0 Å². The van der Waals surface area contributed by atoms with Crippen LogP contribution in [0.25, 0.3) is 0 Å². The van der Waals surface area contributed by atoms with Crippen LogP contribution in [-0.2, 0) is 11.3 Å². The van der Waals surface area contributed by atoms with Crippen LogP contribution < -0.4 is 15.4 Å². The Morgan fingerprint density at radius 1 is 0.967 bits per heavy atom. The van der Waals surface area contributed by atoms with Crippen LogP contribution in [0, 0.1) is 13.8 Å². The van der Waals surface area contributed by atoms with Gasteiger partial charge >= 0.3 is 5.97 Å². The van der Waals surface area contributed by atoms with E-state index in [0.717, 1.165) is 28.1 Å². The number of ether oxygens (including phenoxy) is 1. The average molecular weight is 404 g/mol. The second-order valence-corrected chi connectivity index (χ2v) is 7.00. The molecule has 30 heavy (non-hydrogen) atoms. The second-order valence-electron chi connectivity index (χ2n) is 7.00. The van der Waals surface area contributed by atoms with E-state index in [2.05, 4.69) is 10.6 Å². The van der Waals surface area contributed by atoms with E-state index < -0.39 is 5.97 Å². The Hall–Kier alpha value is -3.80. The van der Waals surface area contributed by atoms with Crippen molar-refractivity contribution in [2.24, 2.45) is 0 Å². The predicted octanol–water partition coefficient (Wildman–Crippen LogP) is 4.63. The Morgan fingerprint density at radius 2 is 1.70 bits per heavy atom. The van der Waals surface area contributed by atoms with Crippen molar-refractivity contribution in [3.05, 3.63) is 89.0 Å². The summed E-state index contributed by atoms with van der Waals surface area (Å²) in [5.74, 6) is -0.571. The fraction of sp³-hybridized carbons (Fsp3) is 0.167. The zero-order valence-corrected chi connectivity index (χ0v) is 16.9. The Balaban J connectivity index is 1.59. The number of aryl methyl sites for hydroxylation is 2. The number of anilines is 2. The number of hydrogen-bond acceptors (Lipinski definition) is 4. The number of carboxylic acid groups (broad SMARTS) is 1. The highest BCUT2D eigenvalue weighted by Crippen LogP contribution is 2.22. The number of para-hydroxylation sites is 1. The topological polar surface area (TPSA) is 87.7 Å². The standard InChI is InChI=1S/C24H24N2O4/c1-16-7-10-20(11-8-16)26-23(27)15-30-22-6-4-3-5-19(22)14-25-21-12-9-18(24(28)29)13-17(21)2/h3-13,25H,14-15H2,1-2H3,(H,26,27)(H,28,29). The summed E-state index contributed by atoms with van der Waals surface area (Å²) >= 11 is 0.